The largest absolute Gasteiger partial charge is 0.496 e. The number of ether oxygens (including phenoxy) is 1. The molecule has 1 aromatic carbocycles. The number of allylic oxidation sites excluding steroid dienone is 1. The molecule has 0 bridgehead atoms. The SMILES string of the molecule is C=C1CC(c2cc(C(C)C)ccc2OC)CC1=O. The highest BCUT2D eigenvalue weighted by Gasteiger charge is 2.29. The lowest BCUT2D eigenvalue weighted by Gasteiger charge is -2.16. The number of benzene rings is 1. The molecule has 0 aromatic heterocycles. The fourth-order valence-electron chi connectivity index (χ4n) is 2.50. The zero-order chi connectivity index (χ0) is 13.3. The van der Waals surface area contributed by atoms with Crippen molar-refractivity contribution in [1.82, 2.24) is 0 Å². The van der Waals surface area contributed by atoms with Gasteiger partial charge in [0.1, 0.15) is 5.75 Å². The van der Waals surface area contributed by atoms with Gasteiger partial charge in [0.25, 0.3) is 0 Å². The first-order valence-electron chi connectivity index (χ1n) is 6.41. The molecule has 0 aliphatic heterocycles. The normalized spacial score (nSPS) is 19.7. The Hall–Kier alpha value is -1.57. The second kappa shape index (κ2) is 4.97. The van der Waals surface area contributed by atoms with Crippen molar-refractivity contribution >= 4 is 5.78 Å². The zero-order valence-electron chi connectivity index (χ0n) is 11.3. The van der Waals surface area contributed by atoms with Crippen molar-refractivity contribution in [2.75, 3.05) is 7.11 Å². The third-order valence-corrected chi connectivity index (χ3v) is 3.68. The van der Waals surface area contributed by atoms with Crippen LogP contribution in [0.1, 0.15) is 49.7 Å². The molecule has 2 heteroatoms. The van der Waals surface area contributed by atoms with Crippen molar-refractivity contribution in [2.45, 2.75) is 38.5 Å². The molecule has 1 saturated carbocycles. The predicted octanol–water partition coefficient (Wildman–Crippen LogP) is 3.82. The van der Waals surface area contributed by atoms with Gasteiger partial charge in [-0.1, -0.05) is 32.6 Å². The fourth-order valence-corrected chi connectivity index (χ4v) is 2.50. The molecule has 0 N–H and O–H groups in total. The average molecular weight is 244 g/mol. The van der Waals surface area contributed by atoms with E-state index in [9.17, 15) is 4.79 Å². The van der Waals surface area contributed by atoms with Crippen LogP contribution in [-0.4, -0.2) is 12.9 Å². The van der Waals surface area contributed by atoms with Crippen molar-refractivity contribution in [3.8, 4) is 5.75 Å². The number of carbonyl (C=O) groups is 1. The van der Waals surface area contributed by atoms with Gasteiger partial charge in [0.2, 0.25) is 0 Å². The van der Waals surface area contributed by atoms with Crippen LogP contribution in [0.25, 0.3) is 0 Å². The van der Waals surface area contributed by atoms with E-state index in [1.54, 1.807) is 7.11 Å². The Balaban J connectivity index is 2.38. The summed E-state index contributed by atoms with van der Waals surface area (Å²) in [5.41, 5.74) is 3.18. The molecule has 2 rings (SSSR count). The quantitative estimate of drug-likeness (QED) is 0.755. The first-order chi connectivity index (χ1) is 8.52. The average Bonchev–Trinajstić information content (AvgIpc) is 2.68. The second-order valence-electron chi connectivity index (χ2n) is 5.29. The predicted molar refractivity (Wildman–Crippen MR) is 73.2 cm³/mol. The summed E-state index contributed by atoms with van der Waals surface area (Å²) in [6, 6.07) is 6.29. The molecule has 1 aliphatic rings. The molecule has 0 heterocycles. The summed E-state index contributed by atoms with van der Waals surface area (Å²) in [5, 5.41) is 0. The number of methoxy groups -OCH3 is 1. The standard InChI is InChI=1S/C16H20O2/c1-10(2)12-5-6-16(18-4)14(8-12)13-7-11(3)15(17)9-13/h5-6,8,10,13H,3,7,9H2,1-2,4H3. The Morgan fingerprint density at radius 3 is 2.56 bits per heavy atom. The van der Waals surface area contributed by atoms with Gasteiger partial charge in [-0.3, -0.25) is 4.79 Å². The molecule has 1 atom stereocenters. The Labute approximate surface area is 109 Å². The van der Waals surface area contributed by atoms with Gasteiger partial charge >= 0.3 is 0 Å². The first kappa shape index (κ1) is 12.9. The Kier molecular flexibility index (Phi) is 3.55. The van der Waals surface area contributed by atoms with Crippen LogP contribution in [0, 0.1) is 0 Å². The van der Waals surface area contributed by atoms with E-state index in [1.165, 1.54) is 5.56 Å². The monoisotopic (exact) mass is 244 g/mol. The highest BCUT2D eigenvalue weighted by atomic mass is 16.5. The van der Waals surface area contributed by atoms with E-state index in [0.717, 1.165) is 23.3 Å². The van der Waals surface area contributed by atoms with Gasteiger partial charge in [0.15, 0.2) is 5.78 Å². The molecule has 1 unspecified atom stereocenters. The maximum absolute atomic E-state index is 11.6. The number of hydrogen-bond donors (Lipinski definition) is 0. The third-order valence-electron chi connectivity index (χ3n) is 3.68. The molecule has 0 amide bonds. The molecule has 2 nitrogen and oxygen atoms in total. The smallest absolute Gasteiger partial charge is 0.158 e. The summed E-state index contributed by atoms with van der Waals surface area (Å²) in [7, 11) is 1.68. The van der Waals surface area contributed by atoms with Gasteiger partial charge in [-0.2, -0.15) is 0 Å². The van der Waals surface area contributed by atoms with E-state index in [-0.39, 0.29) is 11.7 Å². The van der Waals surface area contributed by atoms with Crippen molar-refractivity contribution in [2.24, 2.45) is 0 Å². The number of Topliss-reactive ketones (excluding diaryl/α,β-unsaturated/α-hetero) is 1. The van der Waals surface area contributed by atoms with E-state index >= 15 is 0 Å². The molecule has 1 fully saturated rings. The Morgan fingerprint density at radius 1 is 1.33 bits per heavy atom. The number of ketones is 1. The van der Waals surface area contributed by atoms with Crippen molar-refractivity contribution in [3.63, 3.8) is 0 Å². The Morgan fingerprint density at radius 2 is 2.06 bits per heavy atom. The minimum Gasteiger partial charge on any atom is -0.496 e. The van der Waals surface area contributed by atoms with E-state index < -0.39 is 0 Å². The molecule has 18 heavy (non-hydrogen) atoms. The Bertz CT molecular complexity index is 470. The van der Waals surface area contributed by atoms with Crippen LogP contribution in [0.5, 0.6) is 5.75 Å². The molecule has 0 radical (unpaired) electrons. The van der Waals surface area contributed by atoms with Gasteiger partial charge < -0.3 is 4.74 Å². The van der Waals surface area contributed by atoms with Gasteiger partial charge in [-0.05, 0) is 41.0 Å². The van der Waals surface area contributed by atoms with Crippen LogP contribution in [0.4, 0.5) is 0 Å². The summed E-state index contributed by atoms with van der Waals surface area (Å²) >= 11 is 0. The van der Waals surface area contributed by atoms with Crippen LogP contribution in [-0.2, 0) is 4.79 Å². The lowest BCUT2D eigenvalue weighted by atomic mass is 9.92. The molecular weight excluding hydrogens is 224 g/mol. The lowest BCUT2D eigenvalue weighted by molar-refractivity contribution is -0.114. The molecule has 1 aromatic rings. The van der Waals surface area contributed by atoms with Gasteiger partial charge in [-0.25, -0.2) is 0 Å². The highest BCUT2D eigenvalue weighted by Crippen LogP contribution is 2.40. The third kappa shape index (κ3) is 2.33. The molecule has 1 aliphatic carbocycles. The zero-order valence-corrected chi connectivity index (χ0v) is 11.3. The van der Waals surface area contributed by atoms with Crippen LogP contribution >= 0.6 is 0 Å². The first-order valence-corrected chi connectivity index (χ1v) is 6.41. The minimum atomic E-state index is 0.192. The van der Waals surface area contributed by atoms with Crippen LogP contribution in [0.3, 0.4) is 0 Å². The maximum atomic E-state index is 11.6. The summed E-state index contributed by atoms with van der Waals surface area (Å²) < 4.78 is 5.42. The number of carbonyl (C=O) groups excluding carboxylic acids is 1. The molecular formula is C16H20O2. The van der Waals surface area contributed by atoms with E-state index in [4.69, 9.17) is 4.74 Å². The lowest BCUT2D eigenvalue weighted by Crippen LogP contribution is -2.00. The van der Waals surface area contributed by atoms with Crippen molar-refractivity contribution in [3.05, 3.63) is 41.5 Å². The molecule has 96 valence electrons. The van der Waals surface area contributed by atoms with E-state index in [2.05, 4.69) is 32.6 Å². The maximum Gasteiger partial charge on any atom is 0.158 e. The minimum absolute atomic E-state index is 0.192. The summed E-state index contributed by atoms with van der Waals surface area (Å²) in [4.78, 5) is 11.6. The van der Waals surface area contributed by atoms with Gasteiger partial charge in [0, 0.05) is 6.42 Å². The summed E-state index contributed by atoms with van der Waals surface area (Å²) in [5.74, 6) is 1.79. The fraction of sp³-hybridized carbons (Fsp3) is 0.438. The number of hydrogen-bond acceptors (Lipinski definition) is 2. The van der Waals surface area contributed by atoms with Crippen LogP contribution in [0.15, 0.2) is 30.4 Å². The van der Waals surface area contributed by atoms with Crippen LogP contribution in [0.2, 0.25) is 0 Å². The topological polar surface area (TPSA) is 26.3 Å². The van der Waals surface area contributed by atoms with Crippen LogP contribution < -0.4 is 4.74 Å². The summed E-state index contributed by atoms with van der Waals surface area (Å²) in [6.45, 7) is 8.18. The molecule has 0 saturated heterocycles. The molecule has 0 spiro atoms. The number of rotatable bonds is 3. The second-order valence-corrected chi connectivity index (χ2v) is 5.29. The van der Waals surface area contributed by atoms with Gasteiger partial charge in [-0.15, -0.1) is 0 Å². The van der Waals surface area contributed by atoms with E-state index in [0.29, 0.717) is 12.3 Å². The van der Waals surface area contributed by atoms with Crippen molar-refractivity contribution in [1.29, 1.82) is 0 Å². The van der Waals surface area contributed by atoms with Crippen molar-refractivity contribution < 1.29 is 9.53 Å². The summed E-state index contributed by atoms with van der Waals surface area (Å²) in [6.07, 6.45) is 1.33. The van der Waals surface area contributed by atoms with E-state index in [1.807, 2.05) is 6.07 Å². The highest BCUT2D eigenvalue weighted by molar-refractivity contribution is 5.98. The van der Waals surface area contributed by atoms with Gasteiger partial charge in [0.05, 0.1) is 7.11 Å².